The lowest BCUT2D eigenvalue weighted by molar-refractivity contribution is 0.669. The van der Waals surface area contributed by atoms with E-state index in [1.165, 1.54) is 32.7 Å². The van der Waals surface area contributed by atoms with Crippen LogP contribution in [0.5, 0.6) is 0 Å². The Kier molecular flexibility index (Phi) is 7.78. The maximum Gasteiger partial charge on any atom is 0.167 e. The van der Waals surface area contributed by atoms with E-state index in [4.69, 9.17) is 19.4 Å². The number of hydrogen-bond donors (Lipinski definition) is 0. The summed E-state index contributed by atoms with van der Waals surface area (Å²) in [6.07, 6.45) is 0. The van der Waals surface area contributed by atoms with Crippen LogP contribution in [-0.2, 0) is 0 Å². The van der Waals surface area contributed by atoms with Crippen molar-refractivity contribution in [3.63, 3.8) is 0 Å². The molecule has 57 heavy (non-hydrogen) atoms. The van der Waals surface area contributed by atoms with Gasteiger partial charge in [-0.15, -0.1) is 0 Å². The van der Waals surface area contributed by atoms with Gasteiger partial charge in [0.15, 0.2) is 17.5 Å². The monoisotopic (exact) mass is 727 g/mol. The van der Waals surface area contributed by atoms with Crippen molar-refractivity contribution >= 4 is 43.5 Å². The Bertz CT molecular complexity index is 3240. The Hall–Kier alpha value is -7.69. The maximum atomic E-state index is 6.54. The fraction of sp³-hybridized carbons (Fsp3) is 0. The third-order valence-electron chi connectivity index (χ3n) is 10.9. The van der Waals surface area contributed by atoms with E-state index in [2.05, 4.69) is 170 Å². The number of benzene rings is 9. The largest absolute Gasteiger partial charge is 0.455 e. The highest BCUT2D eigenvalue weighted by Crippen LogP contribution is 2.46. The van der Waals surface area contributed by atoms with E-state index in [1.54, 1.807) is 0 Å². The van der Waals surface area contributed by atoms with Crippen LogP contribution in [0.1, 0.15) is 0 Å². The molecule has 2 heterocycles. The molecule has 4 heteroatoms. The van der Waals surface area contributed by atoms with Gasteiger partial charge in [0.2, 0.25) is 0 Å². The van der Waals surface area contributed by atoms with Crippen molar-refractivity contribution in [3.8, 4) is 67.5 Å². The van der Waals surface area contributed by atoms with Gasteiger partial charge in [0, 0.05) is 21.9 Å². The van der Waals surface area contributed by atoms with Gasteiger partial charge in [-0.3, -0.25) is 0 Å². The van der Waals surface area contributed by atoms with Crippen LogP contribution in [0.4, 0.5) is 0 Å². The Balaban J connectivity index is 1.19. The molecule has 0 spiro atoms. The lowest BCUT2D eigenvalue weighted by Crippen LogP contribution is -2.02. The minimum absolute atomic E-state index is 0.550. The van der Waals surface area contributed by atoms with Crippen molar-refractivity contribution in [2.45, 2.75) is 0 Å². The summed E-state index contributed by atoms with van der Waals surface area (Å²) >= 11 is 0. The van der Waals surface area contributed by atoms with Crippen LogP contribution >= 0.6 is 0 Å². The van der Waals surface area contributed by atoms with Crippen molar-refractivity contribution in [3.05, 3.63) is 200 Å². The molecule has 0 aliphatic rings. The van der Waals surface area contributed by atoms with E-state index in [-0.39, 0.29) is 0 Å². The molecule has 0 atom stereocenters. The zero-order chi connectivity index (χ0) is 37.7. The van der Waals surface area contributed by atoms with E-state index in [0.717, 1.165) is 60.9 Å². The average molecular weight is 728 g/mol. The molecule has 0 saturated carbocycles. The summed E-state index contributed by atoms with van der Waals surface area (Å²) in [7, 11) is 0. The second-order valence-corrected chi connectivity index (χ2v) is 14.3. The lowest BCUT2D eigenvalue weighted by atomic mass is 9.84. The predicted molar refractivity (Wildman–Crippen MR) is 235 cm³/mol. The molecule has 9 aromatic carbocycles. The van der Waals surface area contributed by atoms with Gasteiger partial charge in [0.05, 0.1) is 5.56 Å². The van der Waals surface area contributed by atoms with Gasteiger partial charge in [0.25, 0.3) is 0 Å². The SMILES string of the molecule is c1ccc(-c2cccc(-c3nc(-c4ccccc4-c4c5ccccc5c(-c5ccccc5)c5ccccc45)nc(-c4cccc5c4oc4ccccc45)n3)c2)cc1. The van der Waals surface area contributed by atoms with E-state index in [0.29, 0.717) is 17.5 Å². The molecule has 4 nitrogen and oxygen atoms in total. The van der Waals surface area contributed by atoms with Crippen LogP contribution in [0, 0.1) is 0 Å². The minimum atomic E-state index is 0.550. The van der Waals surface area contributed by atoms with Crippen LogP contribution < -0.4 is 0 Å². The highest BCUT2D eigenvalue weighted by atomic mass is 16.3. The molecule has 0 N–H and O–H groups in total. The van der Waals surface area contributed by atoms with Crippen molar-refractivity contribution in [2.75, 3.05) is 0 Å². The summed E-state index contributed by atoms with van der Waals surface area (Å²) in [5.41, 5.74) is 11.0. The zero-order valence-electron chi connectivity index (χ0n) is 30.8. The quantitative estimate of drug-likeness (QED) is 0.160. The smallest absolute Gasteiger partial charge is 0.167 e. The number of furan rings is 1. The number of para-hydroxylation sites is 2. The third kappa shape index (κ3) is 5.58. The molecule has 0 unspecified atom stereocenters. The average Bonchev–Trinajstić information content (AvgIpc) is 3.68. The number of aromatic nitrogens is 3. The molecule has 0 bridgehead atoms. The van der Waals surface area contributed by atoms with Gasteiger partial charge in [0.1, 0.15) is 11.2 Å². The Morgan fingerprint density at radius 3 is 1.44 bits per heavy atom. The number of rotatable bonds is 6. The van der Waals surface area contributed by atoms with Gasteiger partial charge in [-0.05, 0) is 73.1 Å². The zero-order valence-corrected chi connectivity index (χ0v) is 30.8. The first-order chi connectivity index (χ1) is 28.3. The molecule has 0 saturated heterocycles. The van der Waals surface area contributed by atoms with Crippen LogP contribution in [0.25, 0.3) is 111 Å². The number of fused-ring (bicyclic) bond motifs is 5. The summed E-state index contributed by atoms with van der Waals surface area (Å²) < 4.78 is 6.54. The topological polar surface area (TPSA) is 51.8 Å². The van der Waals surface area contributed by atoms with Crippen LogP contribution in [0.3, 0.4) is 0 Å². The van der Waals surface area contributed by atoms with Gasteiger partial charge in [-0.2, -0.15) is 0 Å². The molecule has 0 fully saturated rings. The molecule has 0 amide bonds. The van der Waals surface area contributed by atoms with Gasteiger partial charge < -0.3 is 4.42 Å². The van der Waals surface area contributed by atoms with Crippen LogP contribution in [0.15, 0.2) is 205 Å². The second kappa shape index (κ2) is 13.6. The summed E-state index contributed by atoms with van der Waals surface area (Å²) in [5, 5.41) is 6.80. The highest BCUT2D eigenvalue weighted by molar-refractivity contribution is 6.22. The van der Waals surface area contributed by atoms with Crippen molar-refractivity contribution < 1.29 is 4.42 Å². The molecule has 11 aromatic rings. The first-order valence-electron chi connectivity index (χ1n) is 19.2. The fourth-order valence-corrected chi connectivity index (χ4v) is 8.37. The van der Waals surface area contributed by atoms with E-state index >= 15 is 0 Å². The standard InChI is InChI=1S/C53H33N3O/c1-3-17-34(18-4-1)36-21-15-22-37(33-36)51-54-52(56-53(55-51)46-31-16-30-44-38-23-13-14-32-47(38)57-50(44)46)45-29-12-11-28-43(45)49-41-26-9-7-24-39(41)48(35-19-5-2-6-20-35)40-25-8-10-27-42(40)49/h1-33H. The van der Waals surface area contributed by atoms with E-state index in [1.807, 2.05) is 30.3 Å². The first kappa shape index (κ1) is 32.7. The Morgan fingerprint density at radius 1 is 0.281 bits per heavy atom. The van der Waals surface area contributed by atoms with Gasteiger partial charge in [-0.1, -0.05) is 182 Å². The minimum Gasteiger partial charge on any atom is -0.455 e. The van der Waals surface area contributed by atoms with Crippen molar-refractivity contribution in [1.29, 1.82) is 0 Å². The third-order valence-corrected chi connectivity index (χ3v) is 10.9. The summed E-state index contributed by atoms with van der Waals surface area (Å²) in [5.74, 6) is 1.72. The van der Waals surface area contributed by atoms with E-state index in [9.17, 15) is 0 Å². The first-order valence-corrected chi connectivity index (χ1v) is 19.2. The predicted octanol–water partition coefficient (Wildman–Crippen LogP) is 14.1. The normalized spacial score (nSPS) is 11.5. The van der Waals surface area contributed by atoms with Gasteiger partial charge >= 0.3 is 0 Å². The second-order valence-electron chi connectivity index (χ2n) is 14.3. The summed E-state index contributed by atoms with van der Waals surface area (Å²) in [4.78, 5) is 15.9. The Morgan fingerprint density at radius 2 is 0.737 bits per heavy atom. The lowest BCUT2D eigenvalue weighted by Gasteiger charge is -2.19. The van der Waals surface area contributed by atoms with E-state index < -0.39 is 0 Å². The number of nitrogens with zero attached hydrogens (tertiary/aromatic N) is 3. The molecule has 0 aliphatic carbocycles. The van der Waals surface area contributed by atoms with Crippen molar-refractivity contribution in [2.24, 2.45) is 0 Å². The summed E-state index contributed by atoms with van der Waals surface area (Å²) in [6.45, 7) is 0. The molecule has 266 valence electrons. The van der Waals surface area contributed by atoms with Crippen LogP contribution in [0.2, 0.25) is 0 Å². The Labute approximate surface area is 329 Å². The molecule has 11 rings (SSSR count). The fourth-order valence-electron chi connectivity index (χ4n) is 8.37. The summed E-state index contributed by atoms with van der Waals surface area (Å²) in [6, 6.07) is 69.9. The molecule has 0 aliphatic heterocycles. The number of hydrogen-bond acceptors (Lipinski definition) is 4. The highest BCUT2D eigenvalue weighted by Gasteiger charge is 2.22. The molecular formula is C53H33N3O. The van der Waals surface area contributed by atoms with Gasteiger partial charge in [-0.25, -0.2) is 15.0 Å². The molecular weight excluding hydrogens is 695 g/mol. The van der Waals surface area contributed by atoms with Crippen LogP contribution in [-0.4, -0.2) is 15.0 Å². The maximum absolute atomic E-state index is 6.54. The van der Waals surface area contributed by atoms with Crippen molar-refractivity contribution in [1.82, 2.24) is 15.0 Å². The molecule has 0 radical (unpaired) electrons. The molecule has 2 aromatic heterocycles.